The molecule has 21 heavy (non-hydrogen) atoms. The number of amides is 1. The number of methoxy groups -OCH3 is 1. The maximum atomic E-state index is 12.4. The molecule has 0 aliphatic heterocycles. The lowest BCUT2D eigenvalue weighted by Crippen LogP contribution is -2.42. The average molecular weight is 297 g/mol. The molecule has 116 valence electrons. The van der Waals surface area contributed by atoms with E-state index < -0.39 is 24.6 Å². The number of ether oxygens (including phenoxy) is 1. The van der Waals surface area contributed by atoms with Crippen LogP contribution in [0.1, 0.15) is 18.9 Å². The number of aliphatic carboxylic acids is 1. The van der Waals surface area contributed by atoms with Gasteiger partial charge in [0.1, 0.15) is 12.4 Å². The molecule has 0 aliphatic carbocycles. The zero-order valence-corrected chi connectivity index (χ0v) is 12.1. The molecular formula is C15H20FNO4. The van der Waals surface area contributed by atoms with Gasteiger partial charge >= 0.3 is 5.97 Å². The SMILES string of the molecule is COc1ccccc1CC(C)CC(=O)NC(CF)C(=O)O. The Hall–Kier alpha value is -2.11. The monoisotopic (exact) mass is 297 g/mol. The van der Waals surface area contributed by atoms with Gasteiger partial charge in [0.15, 0.2) is 6.04 Å². The van der Waals surface area contributed by atoms with Crippen LogP contribution in [0.15, 0.2) is 24.3 Å². The number of nitrogens with one attached hydrogen (secondary N) is 1. The Morgan fingerprint density at radius 2 is 2.05 bits per heavy atom. The van der Waals surface area contributed by atoms with E-state index in [0.717, 1.165) is 11.3 Å². The van der Waals surface area contributed by atoms with Crippen molar-refractivity contribution < 1.29 is 23.8 Å². The molecule has 1 rings (SSSR count). The number of hydrogen-bond acceptors (Lipinski definition) is 3. The highest BCUT2D eigenvalue weighted by molar-refractivity contribution is 5.83. The highest BCUT2D eigenvalue weighted by atomic mass is 19.1. The summed E-state index contributed by atoms with van der Waals surface area (Å²) >= 11 is 0. The minimum Gasteiger partial charge on any atom is -0.496 e. The molecule has 1 amide bonds. The standard InChI is InChI=1S/C15H20FNO4/c1-10(7-11-5-3-4-6-13(11)21-2)8-14(18)17-12(9-16)15(19)20/h3-6,10,12H,7-9H2,1-2H3,(H,17,18)(H,19,20). The van der Waals surface area contributed by atoms with Crippen molar-refractivity contribution in [2.45, 2.75) is 25.8 Å². The van der Waals surface area contributed by atoms with Crippen LogP contribution in [0.4, 0.5) is 4.39 Å². The van der Waals surface area contributed by atoms with Crippen molar-refractivity contribution in [3.05, 3.63) is 29.8 Å². The molecule has 0 radical (unpaired) electrons. The minimum atomic E-state index is -1.48. The fraction of sp³-hybridized carbons (Fsp3) is 0.467. The summed E-state index contributed by atoms with van der Waals surface area (Å²) in [6.45, 7) is 0.749. The number of para-hydroxylation sites is 1. The fourth-order valence-corrected chi connectivity index (χ4v) is 2.06. The van der Waals surface area contributed by atoms with E-state index in [4.69, 9.17) is 9.84 Å². The molecule has 2 atom stereocenters. The lowest BCUT2D eigenvalue weighted by molar-refractivity contribution is -0.142. The largest absolute Gasteiger partial charge is 0.496 e. The van der Waals surface area contributed by atoms with Gasteiger partial charge in [0.2, 0.25) is 5.91 Å². The van der Waals surface area contributed by atoms with Crippen molar-refractivity contribution >= 4 is 11.9 Å². The molecule has 5 nitrogen and oxygen atoms in total. The first-order valence-electron chi connectivity index (χ1n) is 6.68. The summed E-state index contributed by atoms with van der Waals surface area (Å²) in [5.41, 5.74) is 0.973. The molecule has 0 heterocycles. The molecule has 0 spiro atoms. The van der Waals surface area contributed by atoms with E-state index in [1.54, 1.807) is 7.11 Å². The number of carboxylic acids is 1. The number of carboxylic acid groups (broad SMARTS) is 1. The molecule has 0 aliphatic rings. The fourth-order valence-electron chi connectivity index (χ4n) is 2.06. The van der Waals surface area contributed by atoms with E-state index in [1.807, 2.05) is 31.2 Å². The first kappa shape index (κ1) is 16.9. The smallest absolute Gasteiger partial charge is 0.328 e. The number of carbonyl (C=O) groups excluding carboxylic acids is 1. The molecule has 0 fully saturated rings. The molecular weight excluding hydrogens is 277 g/mol. The van der Waals surface area contributed by atoms with Gasteiger partial charge < -0.3 is 15.2 Å². The summed E-state index contributed by atoms with van der Waals surface area (Å²) in [5.74, 6) is -1.11. The Balaban J connectivity index is 2.55. The molecule has 6 heteroatoms. The number of benzene rings is 1. The Morgan fingerprint density at radius 1 is 1.38 bits per heavy atom. The maximum absolute atomic E-state index is 12.4. The van der Waals surface area contributed by atoms with Crippen LogP contribution in [-0.2, 0) is 16.0 Å². The molecule has 2 N–H and O–H groups in total. The highest BCUT2D eigenvalue weighted by Crippen LogP contribution is 2.22. The van der Waals surface area contributed by atoms with Gasteiger partial charge in [-0.1, -0.05) is 25.1 Å². The lowest BCUT2D eigenvalue weighted by atomic mass is 9.97. The van der Waals surface area contributed by atoms with Crippen molar-refractivity contribution in [3.63, 3.8) is 0 Å². The van der Waals surface area contributed by atoms with E-state index in [9.17, 15) is 14.0 Å². The number of halogens is 1. The Labute approximate surface area is 123 Å². The highest BCUT2D eigenvalue weighted by Gasteiger charge is 2.21. The molecule has 0 bridgehead atoms. The van der Waals surface area contributed by atoms with Gasteiger partial charge in [-0.25, -0.2) is 9.18 Å². The van der Waals surface area contributed by atoms with Gasteiger partial charge in [0.05, 0.1) is 7.11 Å². The van der Waals surface area contributed by atoms with Crippen molar-refractivity contribution in [2.75, 3.05) is 13.8 Å². The van der Waals surface area contributed by atoms with E-state index in [1.165, 1.54) is 0 Å². The third-order valence-corrected chi connectivity index (χ3v) is 3.08. The quantitative estimate of drug-likeness (QED) is 0.767. The van der Waals surface area contributed by atoms with Crippen molar-refractivity contribution in [2.24, 2.45) is 5.92 Å². The van der Waals surface area contributed by atoms with Crippen molar-refractivity contribution in [1.82, 2.24) is 5.32 Å². The predicted octanol–water partition coefficient (Wildman–Crippen LogP) is 1.80. The van der Waals surface area contributed by atoms with Gasteiger partial charge in [-0.05, 0) is 24.0 Å². The molecule has 1 aromatic carbocycles. The van der Waals surface area contributed by atoms with E-state index in [0.29, 0.717) is 6.42 Å². The average Bonchev–Trinajstić information content (AvgIpc) is 2.44. The molecule has 0 saturated heterocycles. The van der Waals surface area contributed by atoms with Crippen LogP contribution in [0.3, 0.4) is 0 Å². The van der Waals surface area contributed by atoms with Gasteiger partial charge in [-0.2, -0.15) is 0 Å². The predicted molar refractivity (Wildman–Crippen MR) is 76.0 cm³/mol. The van der Waals surface area contributed by atoms with Crippen LogP contribution in [0.25, 0.3) is 0 Å². The summed E-state index contributed by atoms with van der Waals surface area (Å²) in [5, 5.41) is 10.9. The van der Waals surface area contributed by atoms with Crippen LogP contribution in [0, 0.1) is 5.92 Å². The summed E-state index contributed by atoms with van der Waals surface area (Å²) in [6.07, 6.45) is 0.743. The number of alkyl halides is 1. The molecule has 1 aromatic rings. The Bertz CT molecular complexity index is 492. The number of carbonyl (C=O) groups is 2. The van der Waals surface area contributed by atoms with Gasteiger partial charge in [-0.15, -0.1) is 0 Å². The molecule has 2 unspecified atom stereocenters. The third kappa shape index (κ3) is 5.41. The van der Waals surface area contributed by atoms with Gasteiger partial charge in [0.25, 0.3) is 0 Å². The summed E-state index contributed by atoms with van der Waals surface area (Å²) < 4.78 is 17.7. The minimum absolute atomic E-state index is 0.0182. The van der Waals surface area contributed by atoms with Crippen molar-refractivity contribution in [3.8, 4) is 5.75 Å². The van der Waals surface area contributed by atoms with E-state index in [2.05, 4.69) is 5.32 Å². The molecule has 0 aromatic heterocycles. The summed E-state index contributed by atoms with van der Waals surface area (Å²) in [4.78, 5) is 22.4. The Morgan fingerprint density at radius 3 is 2.62 bits per heavy atom. The second-order valence-corrected chi connectivity index (χ2v) is 4.94. The first-order valence-corrected chi connectivity index (χ1v) is 6.68. The number of rotatable bonds is 8. The van der Waals surface area contributed by atoms with E-state index >= 15 is 0 Å². The Kier molecular flexibility index (Phi) is 6.65. The summed E-state index contributed by atoms with van der Waals surface area (Å²) in [6, 6.07) is 6.02. The van der Waals surface area contributed by atoms with Crippen LogP contribution in [0.5, 0.6) is 5.75 Å². The van der Waals surface area contributed by atoms with Crippen molar-refractivity contribution in [1.29, 1.82) is 0 Å². The normalized spacial score (nSPS) is 13.3. The molecule has 0 saturated carbocycles. The zero-order valence-electron chi connectivity index (χ0n) is 12.1. The third-order valence-electron chi connectivity index (χ3n) is 3.08. The lowest BCUT2D eigenvalue weighted by Gasteiger charge is -2.15. The number of hydrogen-bond donors (Lipinski definition) is 2. The van der Waals surface area contributed by atoms with Crippen LogP contribution >= 0.6 is 0 Å². The van der Waals surface area contributed by atoms with Crippen LogP contribution < -0.4 is 10.1 Å². The van der Waals surface area contributed by atoms with E-state index in [-0.39, 0.29) is 12.3 Å². The second-order valence-electron chi connectivity index (χ2n) is 4.94. The van der Waals surface area contributed by atoms with Gasteiger partial charge in [-0.3, -0.25) is 4.79 Å². The van der Waals surface area contributed by atoms with Crippen LogP contribution in [-0.4, -0.2) is 36.8 Å². The topological polar surface area (TPSA) is 75.6 Å². The maximum Gasteiger partial charge on any atom is 0.328 e. The van der Waals surface area contributed by atoms with Gasteiger partial charge in [0, 0.05) is 6.42 Å². The first-order chi connectivity index (χ1) is 9.97. The van der Waals surface area contributed by atoms with Crippen LogP contribution in [0.2, 0.25) is 0 Å². The zero-order chi connectivity index (χ0) is 15.8. The second kappa shape index (κ2) is 8.24. The summed E-state index contributed by atoms with van der Waals surface area (Å²) in [7, 11) is 1.58.